The third kappa shape index (κ3) is 1.92. The molecule has 0 saturated carbocycles. The van der Waals surface area contributed by atoms with E-state index in [9.17, 15) is 14.4 Å². The molecule has 1 heterocycles. The van der Waals surface area contributed by atoms with E-state index < -0.39 is 17.7 Å². The van der Waals surface area contributed by atoms with Gasteiger partial charge in [-0.1, -0.05) is 11.6 Å². The molecule has 0 atom stereocenters. The Kier molecular flexibility index (Phi) is 3.34. The van der Waals surface area contributed by atoms with Crippen molar-refractivity contribution in [2.75, 3.05) is 7.11 Å². The average molecular weight is 246 g/mol. The largest absolute Gasteiger partial charge is 0.475 e. The van der Waals surface area contributed by atoms with Crippen molar-refractivity contribution in [2.45, 2.75) is 0 Å². The fraction of sp³-hybridized carbons (Fsp3) is 0.222. The molecule has 0 amide bonds. The van der Waals surface area contributed by atoms with Crippen LogP contribution >= 0.6 is 11.6 Å². The molecule has 0 spiro atoms. The van der Waals surface area contributed by atoms with Crippen LogP contribution in [0.25, 0.3) is 0 Å². The molecule has 86 valence electrons. The van der Waals surface area contributed by atoms with Crippen LogP contribution in [0.2, 0.25) is 5.02 Å². The molecule has 0 aromatic carbocycles. The van der Waals surface area contributed by atoms with E-state index in [1.807, 2.05) is 0 Å². The number of aryl methyl sites for hydroxylation is 1. The predicted octanol–water partition coefficient (Wildman–Crippen LogP) is 0.732. The Hall–Kier alpha value is -1.82. The van der Waals surface area contributed by atoms with Gasteiger partial charge in [-0.25, -0.2) is 9.59 Å². The monoisotopic (exact) mass is 245 g/mol. The van der Waals surface area contributed by atoms with Crippen LogP contribution in [-0.2, 0) is 16.6 Å². The zero-order chi connectivity index (χ0) is 12.5. The van der Waals surface area contributed by atoms with Gasteiger partial charge in [-0.15, -0.1) is 0 Å². The summed E-state index contributed by atoms with van der Waals surface area (Å²) in [7, 11) is 2.61. The Morgan fingerprint density at radius 2 is 2.00 bits per heavy atom. The van der Waals surface area contributed by atoms with Gasteiger partial charge in [0.05, 0.1) is 17.7 Å². The Bertz CT molecular complexity index is 476. The minimum Gasteiger partial charge on any atom is -0.475 e. The summed E-state index contributed by atoms with van der Waals surface area (Å²) in [5, 5.41) is 8.30. The number of aromatic nitrogens is 1. The van der Waals surface area contributed by atoms with Gasteiger partial charge in [0.15, 0.2) is 0 Å². The van der Waals surface area contributed by atoms with Crippen LogP contribution in [0.1, 0.15) is 20.8 Å². The van der Waals surface area contributed by atoms with Gasteiger partial charge in [-0.05, 0) is 0 Å². The van der Waals surface area contributed by atoms with Crippen LogP contribution in [0.15, 0.2) is 6.20 Å². The lowest BCUT2D eigenvalue weighted by Crippen LogP contribution is -2.12. The minimum absolute atomic E-state index is 0.0613. The van der Waals surface area contributed by atoms with Crippen LogP contribution in [0.4, 0.5) is 0 Å². The van der Waals surface area contributed by atoms with Crippen molar-refractivity contribution in [2.24, 2.45) is 7.05 Å². The number of carboxylic acids is 1. The van der Waals surface area contributed by atoms with Gasteiger partial charge in [0.2, 0.25) is 0 Å². The highest BCUT2D eigenvalue weighted by molar-refractivity contribution is 6.46. The number of methoxy groups -OCH3 is 1. The molecule has 1 N–H and O–H groups in total. The third-order valence-corrected chi connectivity index (χ3v) is 2.32. The van der Waals surface area contributed by atoms with E-state index in [2.05, 4.69) is 4.74 Å². The maximum absolute atomic E-state index is 11.3. The molecule has 1 rings (SSSR count). The van der Waals surface area contributed by atoms with Crippen molar-refractivity contribution in [3.63, 3.8) is 0 Å². The molecule has 0 radical (unpaired) electrons. The van der Waals surface area contributed by atoms with E-state index in [4.69, 9.17) is 16.7 Å². The molecule has 0 bridgehead atoms. The standard InChI is InChI=1S/C9H8ClNO5/c1-11-3-4(7(12)8(13)14)5(10)6(11)9(15)16-2/h3H,1-2H3,(H,13,14). The Morgan fingerprint density at radius 1 is 1.44 bits per heavy atom. The summed E-state index contributed by atoms with van der Waals surface area (Å²) in [5.74, 6) is -3.54. The van der Waals surface area contributed by atoms with Crippen molar-refractivity contribution in [3.8, 4) is 0 Å². The zero-order valence-electron chi connectivity index (χ0n) is 8.48. The third-order valence-electron chi connectivity index (χ3n) is 1.94. The van der Waals surface area contributed by atoms with E-state index in [0.717, 1.165) is 7.11 Å². The van der Waals surface area contributed by atoms with Gasteiger partial charge < -0.3 is 14.4 Å². The van der Waals surface area contributed by atoms with Gasteiger partial charge in [0.25, 0.3) is 5.78 Å². The summed E-state index contributed by atoms with van der Waals surface area (Å²) >= 11 is 5.74. The fourth-order valence-electron chi connectivity index (χ4n) is 1.20. The predicted molar refractivity (Wildman–Crippen MR) is 53.7 cm³/mol. The number of nitrogens with zero attached hydrogens (tertiary/aromatic N) is 1. The summed E-state index contributed by atoms with van der Waals surface area (Å²) in [5.41, 5.74) is -0.300. The second kappa shape index (κ2) is 4.36. The number of hydrogen-bond acceptors (Lipinski definition) is 4. The molecule has 0 aliphatic rings. The molecule has 0 saturated heterocycles. The maximum Gasteiger partial charge on any atom is 0.377 e. The van der Waals surface area contributed by atoms with E-state index in [-0.39, 0.29) is 16.3 Å². The van der Waals surface area contributed by atoms with Crippen molar-refractivity contribution in [1.82, 2.24) is 4.57 Å². The molecule has 6 nitrogen and oxygen atoms in total. The molecule has 1 aromatic heterocycles. The summed E-state index contributed by atoms with van der Waals surface area (Å²) in [6, 6.07) is 0. The maximum atomic E-state index is 11.3. The van der Waals surface area contributed by atoms with Crippen LogP contribution in [0, 0.1) is 0 Å². The summed E-state index contributed by atoms with van der Waals surface area (Å²) in [6.45, 7) is 0. The van der Waals surface area contributed by atoms with Crippen molar-refractivity contribution >= 4 is 29.3 Å². The van der Waals surface area contributed by atoms with E-state index in [0.29, 0.717) is 0 Å². The molecule has 16 heavy (non-hydrogen) atoms. The highest BCUT2D eigenvalue weighted by atomic mass is 35.5. The molecular formula is C9H8ClNO5. The van der Waals surface area contributed by atoms with Crippen LogP contribution < -0.4 is 0 Å². The van der Waals surface area contributed by atoms with Gasteiger partial charge >= 0.3 is 11.9 Å². The summed E-state index contributed by atoms with van der Waals surface area (Å²) < 4.78 is 5.69. The second-order valence-electron chi connectivity index (χ2n) is 2.94. The molecule has 7 heteroatoms. The zero-order valence-corrected chi connectivity index (χ0v) is 9.24. The first-order chi connectivity index (χ1) is 7.40. The van der Waals surface area contributed by atoms with Crippen LogP contribution in [0.5, 0.6) is 0 Å². The highest BCUT2D eigenvalue weighted by Gasteiger charge is 2.26. The van der Waals surface area contributed by atoms with E-state index in [1.165, 1.54) is 17.8 Å². The second-order valence-corrected chi connectivity index (χ2v) is 3.32. The molecule has 0 aliphatic carbocycles. The number of carbonyl (C=O) groups excluding carboxylic acids is 2. The Labute approximate surface area is 95.4 Å². The number of ether oxygens (including phenoxy) is 1. The van der Waals surface area contributed by atoms with Gasteiger partial charge in [0, 0.05) is 13.2 Å². The molecule has 0 aliphatic heterocycles. The number of ketones is 1. The SMILES string of the molecule is COC(=O)c1c(Cl)c(C(=O)C(=O)O)cn1C. The number of rotatable bonds is 3. The van der Waals surface area contributed by atoms with E-state index >= 15 is 0 Å². The van der Waals surface area contributed by atoms with E-state index in [1.54, 1.807) is 0 Å². The average Bonchev–Trinajstić information content (AvgIpc) is 2.52. The molecule has 1 aromatic rings. The molecule has 0 unspecified atom stereocenters. The lowest BCUT2D eigenvalue weighted by atomic mass is 10.2. The van der Waals surface area contributed by atoms with Gasteiger partial charge in [-0.3, -0.25) is 4.79 Å². The smallest absolute Gasteiger partial charge is 0.377 e. The molecular weight excluding hydrogens is 238 g/mol. The minimum atomic E-state index is -1.64. The number of carbonyl (C=O) groups is 3. The van der Waals surface area contributed by atoms with Crippen molar-refractivity contribution in [1.29, 1.82) is 0 Å². The lowest BCUT2D eigenvalue weighted by molar-refractivity contribution is -0.131. The van der Waals surface area contributed by atoms with Gasteiger partial charge in [0.1, 0.15) is 5.69 Å². The first-order valence-corrected chi connectivity index (χ1v) is 4.48. The van der Waals surface area contributed by atoms with Crippen molar-refractivity contribution < 1.29 is 24.2 Å². The first kappa shape index (κ1) is 12.3. The fourth-order valence-corrected chi connectivity index (χ4v) is 1.55. The van der Waals surface area contributed by atoms with Gasteiger partial charge in [-0.2, -0.15) is 0 Å². The normalized spacial score (nSPS) is 9.94. The highest BCUT2D eigenvalue weighted by Crippen LogP contribution is 2.24. The summed E-state index contributed by atoms with van der Waals surface area (Å²) in [4.78, 5) is 32.9. The number of hydrogen-bond donors (Lipinski definition) is 1. The number of Topliss-reactive ketones (excluding diaryl/α,β-unsaturated/α-hetero) is 1. The topological polar surface area (TPSA) is 85.6 Å². The Morgan fingerprint density at radius 3 is 2.44 bits per heavy atom. The number of aliphatic carboxylic acids is 1. The van der Waals surface area contributed by atoms with Crippen molar-refractivity contribution in [3.05, 3.63) is 22.5 Å². The summed E-state index contributed by atoms with van der Waals surface area (Å²) in [6.07, 6.45) is 1.17. The lowest BCUT2D eigenvalue weighted by Gasteiger charge is -2.00. The number of carboxylic acid groups (broad SMARTS) is 1. The number of esters is 1. The van der Waals surface area contributed by atoms with Crippen LogP contribution in [-0.4, -0.2) is 34.5 Å². The molecule has 0 fully saturated rings. The quantitative estimate of drug-likeness (QED) is 0.482. The Balaban J connectivity index is 3.32. The number of halogens is 1. The first-order valence-electron chi connectivity index (χ1n) is 4.11. The van der Waals surface area contributed by atoms with Crippen LogP contribution in [0.3, 0.4) is 0 Å².